The molecule has 0 unspecified atom stereocenters. The fraction of sp³-hybridized carbons (Fsp3) is 0.533. The van der Waals surface area contributed by atoms with Crippen LogP contribution in [0.4, 0.5) is 0 Å². The number of nitrogens with two attached hydrogens (primary N) is 1. The van der Waals surface area contributed by atoms with Gasteiger partial charge in [0, 0.05) is 13.1 Å². The zero-order valence-corrected chi connectivity index (χ0v) is 11.0. The van der Waals surface area contributed by atoms with Crippen molar-refractivity contribution in [3.63, 3.8) is 0 Å². The van der Waals surface area contributed by atoms with E-state index in [0.717, 1.165) is 24.6 Å². The van der Waals surface area contributed by atoms with Gasteiger partial charge < -0.3 is 10.6 Å². The second-order valence-corrected chi connectivity index (χ2v) is 5.12. The lowest BCUT2D eigenvalue weighted by Crippen LogP contribution is -2.45. The van der Waals surface area contributed by atoms with Gasteiger partial charge in [-0.1, -0.05) is 30.3 Å². The second-order valence-electron chi connectivity index (χ2n) is 5.12. The number of hydrogen-bond donors (Lipinski definition) is 1. The third-order valence-corrected chi connectivity index (χ3v) is 3.48. The Balaban J connectivity index is 1.90. The predicted octanol–water partition coefficient (Wildman–Crippen LogP) is 1.81. The van der Waals surface area contributed by atoms with E-state index in [-0.39, 0.29) is 5.91 Å². The molecule has 1 aromatic carbocycles. The van der Waals surface area contributed by atoms with Gasteiger partial charge in [0.15, 0.2) is 0 Å². The Morgan fingerprint density at radius 3 is 2.61 bits per heavy atom. The maximum Gasteiger partial charge on any atom is 0.239 e. The first-order valence-corrected chi connectivity index (χ1v) is 6.79. The van der Waals surface area contributed by atoms with Crippen molar-refractivity contribution in [2.75, 3.05) is 13.1 Å². The van der Waals surface area contributed by atoms with E-state index in [4.69, 9.17) is 5.73 Å². The normalized spacial score (nSPS) is 16.3. The summed E-state index contributed by atoms with van der Waals surface area (Å²) < 4.78 is 0. The molecule has 3 nitrogen and oxygen atoms in total. The second kappa shape index (κ2) is 6.01. The number of benzene rings is 1. The van der Waals surface area contributed by atoms with E-state index in [1.807, 2.05) is 42.2 Å². The summed E-state index contributed by atoms with van der Waals surface area (Å²) in [7, 11) is 0. The SMILES string of the molecule is CCN(CC1CC1)C(=O)[C@@H](N)Cc1ccccc1. The van der Waals surface area contributed by atoms with E-state index in [9.17, 15) is 4.79 Å². The largest absolute Gasteiger partial charge is 0.341 e. The van der Waals surface area contributed by atoms with Crippen LogP contribution in [0.1, 0.15) is 25.3 Å². The standard InChI is InChI=1S/C15H22N2O/c1-2-17(11-13-8-9-13)15(18)14(16)10-12-6-4-3-5-7-12/h3-7,13-14H,2,8-11,16H2,1H3/t14-/m0/s1. The Hall–Kier alpha value is -1.35. The minimum Gasteiger partial charge on any atom is -0.341 e. The Bertz CT molecular complexity index is 387. The van der Waals surface area contributed by atoms with E-state index >= 15 is 0 Å². The molecular formula is C15H22N2O. The summed E-state index contributed by atoms with van der Waals surface area (Å²) in [6.45, 7) is 3.67. The van der Waals surface area contributed by atoms with Crippen molar-refractivity contribution >= 4 is 5.91 Å². The Labute approximate surface area is 109 Å². The van der Waals surface area contributed by atoms with Gasteiger partial charge in [-0.2, -0.15) is 0 Å². The molecule has 18 heavy (non-hydrogen) atoms. The Morgan fingerprint density at radius 2 is 2.06 bits per heavy atom. The van der Waals surface area contributed by atoms with Crippen LogP contribution in [0.5, 0.6) is 0 Å². The lowest BCUT2D eigenvalue weighted by Gasteiger charge is -2.24. The first kappa shape index (κ1) is 13.1. The molecule has 0 aliphatic heterocycles. The highest BCUT2D eigenvalue weighted by Gasteiger charge is 2.28. The molecule has 0 saturated heterocycles. The van der Waals surface area contributed by atoms with Gasteiger partial charge in [0.25, 0.3) is 0 Å². The van der Waals surface area contributed by atoms with Gasteiger partial charge in [0.2, 0.25) is 5.91 Å². The van der Waals surface area contributed by atoms with Crippen LogP contribution in [0, 0.1) is 5.92 Å². The molecule has 0 bridgehead atoms. The monoisotopic (exact) mass is 246 g/mol. The maximum absolute atomic E-state index is 12.2. The van der Waals surface area contributed by atoms with Crippen molar-refractivity contribution in [1.29, 1.82) is 0 Å². The van der Waals surface area contributed by atoms with Crippen molar-refractivity contribution in [2.24, 2.45) is 11.7 Å². The van der Waals surface area contributed by atoms with E-state index in [2.05, 4.69) is 0 Å². The molecule has 1 amide bonds. The van der Waals surface area contributed by atoms with Gasteiger partial charge in [0.05, 0.1) is 6.04 Å². The zero-order valence-electron chi connectivity index (χ0n) is 11.0. The highest BCUT2D eigenvalue weighted by Crippen LogP contribution is 2.29. The molecule has 1 aliphatic carbocycles. The molecule has 1 aromatic rings. The fourth-order valence-electron chi connectivity index (χ4n) is 2.18. The summed E-state index contributed by atoms with van der Waals surface area (Å²) in [5.74, 6) is 0.811. The summed E-state index contributed by atoms with van der Waals surface area (Å²) >= 11 is 0. The van der Waals surface area contributed by atoms with Crippen LogP contribution in [0.15, 0.2) is 30.3 Å². The molecule has 2 rings (SSSR count). The van der Waals surface area contributed by atoms with Crippen LogP contribution in [0.25, 0.3) is 0 Å². The molecule has 98 valence electrons. The molecule has 0 heterocycles. The van der Waals surface area contributed by atoms with Crippen LogP contribution in [-0.4, -0.2) is 29.9 Å². The molecule has 1 atom stereocenters. The van der Waals surface area contributed by atoms with Crippen molar-refractivity contribution in [3.05, 3.63) is 35.9 Å². The minimum atomic E-state index is -0.411. The van der Waals surface area contributed by atoms with Crippen molar-refractivity contribution in [1.82, 2.24) is 4.90 Å². The molecule has 3 heteroatoms. The zero-order chi connectivity index (χ0) is 13.0. The third kappa shape index (κ3) is 3.57. The van der Waals surface area contributed by atoms with Crippen molar-refractivity contribution < 1.29 is 4.79 Å². The van der Waals surface area contributed by atoms with Gasteiger partial charge in [-0.25, -0.2) is 0 Å². The van der Waals surface area contributed by atoms with Crippen LogP contribution in [-0.2, 0) is 11.2 Å². The summed E-state index contributed by atoms with van der Waals surface area (Å²) in [4.78, 5) is 14.2. The smallest absolute Gasteiger partial charge is 0.239 e. The molecule has 1 aliphatic rings. The minimum absolute atomic E-state index is 0.0910. The van der Waals surface area contributed by atoms with Gasteiger partial charge in [0.1, 0.15) is 0 Å². The van der Waals surface area contributed by atoms with Crippen molar-refractivity contribution in [2.45, 2.75) is 32.2 Å². The lowest BCUT2D eigenvalue weighted by molar-refractivity contribution is -0.132. The van der Waals surface area contributed by atoms with Crippen molar-refractivity contribution in [3.8, 4) is 0 Å². The van der Waals surface area contributed by atoms with Crippen LogP contribution < -0.4 is 5.73 Å². The summed E-state index contributed by atoms with van der Waals surface area (Å²) in [6, 6.07) is 9.56. The van der Waals surface area contributed by atoms with Crippen LogP contribution in [0.3, 0.4) is 0 Å². The maximum atomic E-state index is 12.2. The molecule has 0 spiro atoms. The van der Waals surface area contributed by atoms with E-state index in [1.54, 1.807) is 0 Å². The lowest BCUT2D eigenvalue weighted by atomic mass is 10.1. The van der Waals surface area contributed by atoms with Gasteiger partial charge in [-0.3, -0.25) is 4.79 Å². The van der Waals surface area contributed by atoms with E-state index in [0.29, 0.717) is 6.42 Å². The van der Waals surface area contributed by atoms with Crippen LogP contribution in [0.2, 0.25) is 0 Å². The topological polar surface area (TPSA) is 46.3 Å². The fourth-order valence-corrected chi connectivity index (χ4v) is 2.18. The Morgan fingerprint density at radius 1 is 1.39 bits per heavy atom. The molecular weight excluding hydrogens is 224 g/mol. The first-order valence-electron chi connectivity index (χ1n) is 6.79. The number of nitrogens with zero attached hydrogens (tertiary/aromatic N) is 1. The highest BCUT2D eigenvalue weighted by molar-refractivity contribution is 5.82. The Kier molecular flexibility index (Phi) is 4.37. The van der Waals surface area contributed by atoms with E-state index < -0.39 is 6.04 Å². The number of carbonyl (C=O) groups is 1. The number of amides is 1. The number of likely N-dealkylation sites (N-methyl/N-ethyl adjacent to an activating group) is 1. The predicted molar refractivity (Wildman–Crippen MR) is 73.1 cm³/mol. The quantitative estimate of drug-likeness (QED) is 0.832. The first-order chi connectivity index (χ1) is 8.70. The molecule has 1 fully saturated rings. The van der Waals surface area contributed by atoms with Gasteiger partial charge in [-0.15, -0.1) is 0 Å². The molecule has 1 saturated carbocycles. The summed E-state index contributed by atoms with van der Waals surface area (Å²) in [6.07, 6.45) is 3.15. The average molecular weight is 246 g/mol. The summed E-state index contributed by atoms with van der Waals surface area (Å²) in [5.41, 5.74) is 7.16. The highest BCUT2D eigenvalue weighted by atomic mass is 16.2. The molecule has 0 aromatic heterocycles. The van der Waals surface area contributed by atoms with Crippen LogP contribution >= 0.6 is 0 Å². The van der Waals surface area contributed by atoms with Gasteiger partial charge in [-0.05, 0) is 37.7 Å². The summed E-state index contributed by atoms with van der Waals surface area (Å²) in [5, 5.41) is 0. The number of hydrogen-bond acceptors (Lipinski definition) is 2. The van der Waals surface area contributed by atoms with E-state index in [1.165, 1.54) is 12.8 Å². The number of carbonyl (C=O) groups excluding carboxylic acids is 1. The average Bonchev–Trinajstić information content (AvgIpc) is 3.20. The number of rotatable bonds is 6. The van der Waals surface area contributed by atoms with Gasteiger partial charge >= 0.3 is 0 Å². The molecule has 0 radical (unpaired) electrons. The third-order valence-electron chi connectivity index (χ3n) is 3.48. The molecule has 2 N–H and O–H groups in total.